The van der Waals surface area contributed by atoms with Crippen LogP contribution in [0.3, 0.4) is 0 Å². The summed E-state index contributed by atoms with van der Waals surface area (Å²) in [4.78, 5) is 24.2. The molecule has 0 radical (unpaired) electrons. The highest BCUT2D eigenvalue weighted by Gasteiger charge is 2.38. The van der Waals surface area contributed by atoms with Crippen molar-refractivity contribution in [2.45, 2.75) is 31.4 Å². The average Bonchev–Trinajstić information content (AvgIpc) is 2.94. The van der Waals surface area contributed by atoms with Crippen LogP contribution >= 0.6 is 0 Å². The number of aliphatic carboxylic acids is 1. The first-order valence-corrected chi connectivity index (χ1v) is 8.05. The number of amides is 1. The minimum atomic E-state index is -3.16. The van der Waals surface area contributed by atoms with E-state index in [1.165, 1.54) is 0 Å². The summed E-state index contributed by atoms with van der Waals surface area (Å²) < 4.78 is 28.2. The topological polar surface area (TPSA) is 101 Å². The molecule has 2 saturated heterocycles. The summed E-state index contributed by atoms with van der Waals surface area (Å²) in [6.45, 7) is 0.0131. The zero-order valence-corrected chi connectivity index (χ0v) is 11.3. The third-order valence-electron chi connectivity index (χ3n) is 3.44. The van der Waals surface area contributed by atoms with Crippen LogP contribution in [-0.4, -0.2) is 67.1 Å². The first-order valence-electron chi connectivity index (χ1n) is 6.23. The Morgan fingerprint density at radius 2 is 2.05 bits per heavy atom. The van der Waals surface area contributed by atoms with Crippen molar-refractivity contribution in [1.82, 2.24) is 4.90 Å². The predicted molar refractivity (Wildman–Crippen MR) is 65.4 cm³/mol. The molecule has 0 aliphatic carbocycles. The van der Waals surface area contributed by atoms with Gasteiger partial charge < -0.3 is 14.7 Å². The zero-order valence-electron chi connectivity index (χ0n) is 10.4. The van der Waals surface area contributed by atoms with Crippen LogP contribution in [0.1, 0.15) is 19.3 Å². The molecule has 2 fully saturated rings. The number of nitrogens with zero attached hydrogens (tertiary/aromatic N) is 1. The number of carboxylic acid groups (broad SMARTS) is 1. The van der Waals surface area contributed by atoms with E-state index in [2.05, 4.69) is 0 Å². The van der Waals surface area contributed by atoms with Crippen LogP contribution in [-0.2, 0) is 24.2 Å². The quantitative estimate of drug-likeness (QED) is 0.732. The lowest BCUT2D eigenvalue weighted by Crippen LogP contribution is -2.48. The summed E-state index contributed by atoms with van der Waals surface area (Å²) >= 11 is 0. The normalized spacial score (nSPS) is 29.3. The first-order chi connectivity index (χ1) is 8.89. The molecule has 2 aliphatic heterocycles. The van der Waals surface area contributed by atoms with E-state index in [0.717, 1.165) is 11.3 Å². The number of sulfone groups is 1. The SMILES string of the molecule is O=C(O)CN(C(=O)[C@H]1CCCO1)C1CCS(=O)(=O)C1. The molecule has 2 heterocycles. The maximum Gasteiger partial charge on any atom is 0.323 e. The Bertz CT molecular complexity index is 468. The van der Waals surface area contributed by atoms with Gasteiger partial charge in [-0.2, -0.15) is 0 Å². The molecule has 19 heavy (non-hydrogen) atoms. The van der Waals surface area contributed by atoms with E-state index >= 15 is 0 Å². The molecule has 1 unspecified atom stereocenters. The van der Waals surface area contributed by atoms with Gasteiger partial charge in [-0.15, -0.1) is 0 Å². The van der Waals surface area contributed by atoms with E-state index in [-0.39, 0.29) is 11.5 Å². The summed E-state index contributed by atoms with van der Waals surface area (Å²) in [5.74, 6) is -1.69. The molecular weight excluding hydrogens is 274 g/mol. The summed E-state index contributed by atoms with van der Waals surface area (Å²) in [6, 6.07) is -0.544. The van der Waals surface area contributed by atoms with Crippen molar-refractivity contribution in [2.24, 2.45) is 0 Å². The standard InChI is InChI=1S/C11H17NO6S/c13-10(14)6-12(8-3-5-19(16,17)7-8)11(15)9-2-1-4-18-9/h8-9H,1-7H2,(H,13,14)/t8?,9-/m1/s1. The molecule has 2 rings (SSSR count). The van der Waals surface area contributed by atoms with Crippen LogP contribution in [0.5, 0.6) is 0 Å². The van der Waals surface area contributed by atoms with Crippen molar-refractivity contribution in [2.75, 3.05) is 24.7 Å². The van der Waals surface area contributed by atoms with E-state index in [9.17, 15) is 18.0 Å². The fourth-order valence-electron chi connectivity index (χ4n) is 2.51. The molecule has 0 aromatic carbocycles. The Morgan fingerprint density at radius 1 is 1.32 bits per heavy atom. The molecular formula is C11H17NO6S. The molecule has 8 heteroatoms. The lowest BCUT2D eigenvalue weighted by Gasteiger charge is -2.28. The minimum Gasteiger partial charge on any atom is -0.480 e. The maximum absolute atomic E-state index is 12.2. The Kier molecular flexibility index (Phi) is 4.10. The van der Waals surface area contributed by atoms with Crippen LogP contribution in [0.2, 0.25) is 0 Å². The van der Waals surface area contributed by atoms with Crippen LogP contribution in [0.15, 0.2) is 0 Å². The first kappa shape index (κ1) is 14.3. The molecule has 2 aliphatic rings. The van der Waals surface area contributed by atoms with Gasteiger partial charge in [-0.3, -0.25) is 9.59 Å². The molecule has 1 amide bonds. The molecule has 0 saturated carbocycles. The molecule has 0 aromatic rings. The Morgan fingerprint density at radius 3 is 2.53 bits per heavy atom. The fraction of sp³-hybridized carbons (Fsp3) is 0.818. The average molecular weight is 291 g/mol. The highest BCUT2D eigenvalue weighted by Crippen LogP contribution is 2.22. The van der Waals surface area contributed by atoms with Crippen LogP contribution in [0, 0.1) is 0 Å². The molecule has 108 valence electrons. The van der Waals surface area contributed by atoms with Crippen molar-refractivity contribution >= 4 is 21.7 Å². The molecule has 1 N–H and O–H groups in total. The van der Waals surface area contributed by atoms with Crippen molar-refractivity contribution in [3.63, 3.8) is 0 Å². The number of carbonyl (C=O) groups excluding carboxylic acids is 1. The zero-order chi connectivity index (χ0) is 14.0. The minimum absolute atomic E-state index is 0.00654. The van der Waals surface area contributed by atoms with Gasteiger partial charge in [0.05, 0.1) is 11.5 Å². The summed E-state index contributed by atoms with van der Waals surface area (Å²) in [5.41, 5.74) is 0. The second-order valence-corrected chi connectivity index (χ2v) is 7.15. The van der Waals surface area contributed by atoms with Gasteiger partial charge in [-0.05, 0) is 19.3 Å². The van der Waals surface area contributed by atoms with Gasteiger partial charge in [0.1, 0.15) is 12.6 Å². The highest BCUT2D eigenvalue weighted by molar-refractivity contribution is 7.91. The van der Waals surface area contributed by atoms with Crippen LogP contribution in [0.25, 0.3) is 0 Å². The van der Waals surface area contributed by atoms with Gasteiger partial charge in [-0.25, -0.2) is 8.42 Å². The fourth-order valence-corrected chi connectivity index (χ4v) is 4.24. The van der Waals surface area contributed by atoms with Gasteiger partial charge in [0.2, 0.25) is 0 Å². The highest BCUT2D eigenvalue weighted by atomic mass is 32.2. The van der Waals surface area contributed by atoms with Gasteiger partial charge in [0, 0.05) is 12.6 Å². The van der Waals surface area contributed by atoms with Crippen LogP contribution < -0.4 is 0 Å². The van der Waals surface area contributed by atoms with Crippen LogP contribution in [0.4, 0.5) is 0 Å². The lowest BCUT2D eigenvalue weighted by molar-refractivity contribution is -0.150. The van der Waals surface area contributed by atoms with E-state index in [1.54, 1.807) is 0 Å². The van der Waals surface area contributed by atoms with Gasteiger partial charge in [0.15, 0.2) is 9.84 Å². The predicted octanol–water partition coefficient (Wildman–Crippen LogP) is -0.734. The largest absolute Gasteiger partial charge is 0.480 e. The second kappa shape index (κ2) is 5.46. The number of hydrogen-bond acceptors (Lipinski definition) is 5. The molecule has 0 bridgehead atoms. The van der Waals surface area contributed by atoms with Crippen molar-refractivity contribution in [1.29, 1.82) is 0 Å². The van der Waals surface area contributed by atoms with Crippen molar-refractivity contribution in [3.8, 4) is 0 Å². The monoisotopic (exact) mass is 291 g/mol. The Hall–Kier alpha value is -1.15. The second-order valence-electron chi connectivity index (χ2n) is 4.92. The number of carbonyl (C=O) groups is 2. The third kappa shape index (κ3) is 3.44. The smallest absolute Gasteiger partial charge is 0.323 e. The molecule has 0 aromatic heterocycles. The molecule has 2 atom stereocenters. The summed E-state index contributed by atoms with van der Waals surface area (Å²) in [7, 11) is -3.16. The lowest BCUT2D eigenvalue weighted by atomic mass is 10.1. The van der Waals surface area contributed by atoms with E-state index in [1.807, 2.05) is 0 Å². The number of ether oxygens (including phenoxy) is 1. The Balaban J connectivity index is 2.11. The number of rotatable bonds is 4. The number of hydrogen-bond donors (Lipinski definition) is 1. The van der Waals surface area contributed by atoms with Gasteiger partial charge in [-0.1, -0.05) is 0 Å². The maximum atomic E-state index is 12.2. The van der Waals surface area contributed by atoms with Gasteiger partial charge >= 0.3 is 5.97 Å². The Labute approximate surface area is 111 Å². The number of carboxylic acids is 1. The van der Waals surface area contributed by atoms with E-state index in [0.29, 0.717) is 19.4 Å². The van der Waals surface area contributed by atoms with E-state index in [4.69, 9.17) is 9.84 Å². The van der Waals surface area contributed by atoms with Crippen molar-refractivity contribution < 1.29 is 27.9 Å². The molecule has 0 spiro atoms. The van der Waals surface area contributed by atoms with Crippen molar-refractivity contribution in [3.05, 3.63) is 0 Å². The van der Waals surface area contributed by atoms with E-state index < -0.39 is 40.4 Å². The summed E-state index contributed by atoms with van der Waals surface area (Å²) in [5, 5.41) is 8.88. The molecule has 7 nitrogen and oxygen atoms in total. The third-order valence-corrected chi connectivity index (χ3v) is 5.19. The van der Waals surface area contributed by atoms with Gasteiger partial charge in [0.25, 0.3) is 5.91 Å². The summed E-state index contributed by atoms with van der Waals surface area (Å²) in [6.07, 6.45) is 1.01.